The number of hydrogen-bond donors (Lipinski definition) is 0. The molecule has 1 saturated heterocycles. The molecule has 1 aliphatic heterocycles. The van der Waals surface area contributed by atoms with E-state index in [1.165, 1.54) is 30.0 Å². The monoisotopic (exact) mass is 582 g/mol. The molecule has 0 N–H and O–H groups in total. The van der Waals surface area contributed by atoms with Gasteiger partial charge in [-0.2, -0.15) is 0 Å². The number of unbranched alkanes of at least 4 members (excludes halogenated alkanes) is 3. The molecule has 0 radical (unpaired) electrons. The molecule has 0 unspecified atom stereocenters. The molecular formula is C37H46N2O4. The first-order valence-corrected chi connectivity index (χ1v) is 15.6. The highest BCUT2D eigenvalue weighted by Crippen LogP contribution is 2.30. The summed E-state index contributed by atoms with van der Waals surface area (Å²) < 4.78 is 16.4. The van der Waals surface area contributed by atoms with Crippen LogP contribution in [0.2, 0.25) is 0 Å². The van der Waals surface area contributed by atoms with Crippen LogP contribution in [-0.4, -0.2) is 68.8 Å². The fourth-order valence-electron chi connectivity index (χ4n) is 5.50. The molecule has 4 rings (SSSR count). The molecule has 0 aromatic heterocycles. The third kappa shape index (κ3) is 10.4. The molecule has 0 saturated carbocycles. The molecule has 1 heterocycles. The first-order chi connectivity index (χ1) is 21.2. The molecule has 6 heteroatoms. The van der Waals surface area contributed by atoms with Gasteiger partial charge in [-0.1, -0.05) is 97.8 Å². The third-order valence-corrected chi connectivity index (χ3v) is 7.74. The van der Waals surface area contributed by atoms with Gasteiger partial charge in [-0.3, -0.25) is 4.90 Å². The number of allylic oxidation sites excluding steroid dienone is 2. The Balaban J connectivity index is 1.13. The second kappa shape index (κ2) is 17.9. The van der Waals surface area contributed by atoms with E-state index in [2.05, 4.69) is 70.5 Å². The van der Waals surface area contributed by atoms with Crippen LogP contribution in [0.25, 0.3) is 6.08 Å². The summed E-state index contributed by atoms with van der Waals surface area (Å²) in [6, 6.07) is 28.0. The Bertz CT molecular complexity index is 1240. The van der Waals surface area contributed by atoms with Gasteiger partial charge in [0.1, 0.15) is 0 Å². The number of esters is 1. The first-order valence-electron chi connectivity index (χ1n) is 15.6. The largest absolute Gasteiger partial charge is 0.493 e. The predicted molar refractivity (Wildman–Crippen MR) is 175 cm³/mol. The van der Waals surface area contributed by atoms with Gasteiger partial charge in [0.2, 0.25) is 0 Å². The number of methoxy groups -OCH3 is 1. The van der Waals surface area contributed by atoms with Gasteiger partial charge in [0.05, 0.1) is 26.4 Å². The quantitative estimate of drug-likeness (QED) is 0.0772. The minimum absolute atomic E-state index is 0.316. The summed E-state index contributed by atoms with van der Waals surface area (Å²) in [5.74, 6) is 1.12. The van der Waals surface area contributed by atoms with Gasteiger partial charge in [0.25, 0.3) is 0 Å². The molecule has 0 amide bonds. The van der Waals surface area contributed by atoms with E-state index in [1.807, 2.05) is 24.3 Å². The van der Waals surface area contributed by atoms with Crippen LogP contribution in [0, 0.1) is 0 Å². The van der Waals surface area contributed by atoms with Gasteiger partial charge >= 0.3 is 5.97 Å². The Morgan fingerprint density at radius 3 is 2.14 bits per heavy atom. The maximum Gasteiger partial charge on any atom is 0.330 e. The fourth-order valence-corrected chi connectivity index (χ4v) is 5.50. The van der Waals surface area contributed by atoms with Gasteiger partial charge in [0, 0.05) is 32.3 Å². The van der Waals surface area contributed by atoms with Crippen molar-refractivity contribution in [3.63, 3.8) is 0 Å². The smallest absolute Gasteiger partial charge is 0.330 e. The molecule has 1 fully saturated rings. The standard InChI is InChI=1S/C37H46N2O4/c1-3-42-36(40)21-13-12-16-31-22-23-34(35(30-31)41-2)43-29-15-5-4-14-24-38-25-27-39(28-26-38)37(32-17-8-6-9-18-32)33-19-10-7-11-20-33/h6-13,16-23,30,37H,3-5,14-15,24-29H2,1-2H3. The van der Waals surface area contributed by atoms with Crippen LogP contribution in [0.15, 0.2) is 97.1 Å². The lowest BCUT2D eigenvalue weighted by molar-refractivity contribution is -0.137. The van der Waals surface area contributed by atoms with Crippen LogP contribution in [0.4, 0.5) is 0 Å². The van der Waals surface area contributed by atoms with E-state index >= 15 is 0 Å². The van der Waals surface area contributed by atoms with Crippen LogP contribution in [-0.2, 0) is 9.53 Å². The van der Waals surface area contributed by atoms with Crippen LogP contribution < -0.4 is 9.47 Å². The van der Waals surface area contributed by atoms with Crippen LogP contribution in [0.5, 0.6) is 11.5 Å². The van der Waals surface area contributed by atoms with Crippen LogP contribution in [0.1, 0.15) is 55.3 Å². The number of hydrogen-bond acceptors (Lipinski definition) is 6. The maximum atomic E-state index is 11.4. The van der Waals surface area contributed by atoms with Crippen molar-refractivity contribution < 1.29 is 19.0 Å². The molecule has 3 aromatic carbocycles. The molecule has 0 aliphatic carbocycles. The Hall–Kier alpha value is -3.87. The number of nitrogens with zero attached hydrogens (tertiary/aromatic N) is 2. The van der Waals surface area contributed by atoms with Gasteiger partial charge in [-0.05, 0) is 55.1 Å². The average molecular weight is 583 g/mol. The number of ether oxygens (including phenoxy) is 3. The molecule has 0 bridgehead atoms. The van der Waals surface area contributed by atoms with Gasteiger partial charge in [0.15, 0.2) is 11.5 Å². The summed E-state index contributed by atoms with van der Waals surface area (Å²) in [5, 5.41) is 0. The second-order valence-corrected chi connectivity index (χ2v) is 10.7. The number of piperazine rings is 1. The van der Waals surface area contributed by atoms with Gasteiger partial charge in [-0.15, -0.1) is 0 Å². The lowest BCUT2D eigenvalue weighted by atomic mass is 9.96. The molecule has 0 spiro atoms. The maximum absolute atomic E-state index is 11.4. The zero-order valence-corrected chi connectivity index (χ0v) is 25.7. The number of carbonyl (C=O) groups is 1. The first kappa shape index (κ1) is 32.1. The van der Waals surface area contributed by atoms with Crippen molar-refractivity contribution in [1.82, 2.24) is 9.80 Å². The Labute approximate surface area is 257 Å². The molecule has 228 valence electrons. The SMILES string of the molecule is CCOC(=O)C=CC=Cc1ccc(OCCCCCCN2CCN(C(c3ccccc3)c3ccccc3)CC2)c(OC)c1. The Kier molecular flexibility index (Phi) is 13.4. The van der Waals surface area contributed by atoms with E-state index in [0.29, 0.717) is 25.0 Å². The van der Waals surface area contributed by atoms with Crippen molar-refractivity contribution in [3.8, 4) is 11.5 Å². The molecule has 1 aliphatic rings. The fraction of sp³-hybridized carbons (Fsp3) is 0.378. The summed E-state index contributed by atoms with van der Waals surface area (Å²) in [4.78, 5) is 16.6. The number of carbonyl (C=O) groups excluding carboxylic acids is 1. The van der Waals surface area contributed by atoms with Crippen molar-refractivity contribution in [1.29, 1.82) is 0 Å². The minimum atomic E-state index is -0.344. The zero-order chi connectivity index (χ0) is 30.1. The Morgan fingerprint density at radius 1 is 0.814 bits per heavy atom. The van der Waals surface area contributed by atoms with E-state index in [0.717, 1.165) is 56.9 Å². The van der Waals surface area contributed by atoms with E-state index < -0.39 is 0 Å². The Morgan fingerprint density at radius 2 is 1.49 bits per heavy atom. The van der Waals surface area contributed by atoms with Crippen molar-refractivity contribution in [2.24, 2.45) is 0 Å². The van der Waals surface area contributed by atoms with Crippen molar-refractivity contribution in [2.75, 3.05) is 53.0 Å². The number of benzene rings is 3. The lowest BCUT2D eigenvalue weighted by Crippen LogP contribution is -2.48. The second-order valence-electron chi connectivity index (χ2n) is 10.7. The highest BCUT2D eigenvalue weighted by molar-refractivity contribution is 5.82. The van der Waals surface area contributed by atoms with Gasteiger partial charge < -0.3 is 19.1 Å². The summed E-state index contributed by atoms with van der Waals surface area (Å²) in [6.45, 7) is 8.40. The van der Waals surface area contributed by atoms with Crippen LogP contribution in [0.3, 0.4) is 0 Å². The number of rotatable bonds is 16. The summed E-state index contributed by atoms with van der Waals surface area (Å²) in [7, 11) is 1.65. The summed E-state index contributed by atoms with van der Waals surface area (Å²) in [5.41, 5.74) is 3.71. The van der Waals surface area contributed by atoms with E-state index in [1.54, 1.807) is 26.2 Å². The predicted octanol–water partition coefficient (Wildman–Crippen LogP) is 7.17. The van der Waals surface area contributed by atoms with E-state index in [9.17, 15) is 4.79 Å². The normalized spacial score (nSPS) is 14.5. The van der Waals surface area contributed by atoms with Gasteiger partial charge in [-0.25, -0.2) is 4.79 Å². The topological polar surface area (TPSA) is 51.2 Å². The highest BCUT2D eigenvalue weighted by Gasteiger charge is 2.26. The van der Waals surface area contributed by atoms with E-state index in [-0.39, 0.29) is 5.97 Å². The molecule has 6 nitrogen and oxygen atoms in total. The molecule has 0 atom stereocenters. The summed E-state index contributed by atoms with van der Waals surface area (Å²) >= 11 is 0. The van der Waals surface area contributed by atoms with Crippen molar-refractivity contribution in [3.05, 3.63) is 114 Å². The zero-order valence-electron chi connectivity index (χ0n) is 25.7. The van der Waals surface area contributed by atoms with E-state index in [4.69, 9.17) is 14.2 Å². The third-order valence-electron chi connectivity index (χ3n) is 7.74. The van der Waals surface area contributed by atoms with Crippen LogP contribution >= 0.6 is 0 Å². The molecule has 43 heavy (non-hydrogen) atoms. The highest BCUT2D eigenvalue weighted by atomic mass is 16.5. The summed E-state index contributed by atoms with van der Waals surface area (Å²) in [6.07, 6.45) is 11.4. The molecular weight excluding hydrogens is 536 g/mol. The minimum Gasteiger partial charge on any atom is -0.493 e. The van der Waals surface area contributed by atoms with Crippen molar-refractivity contribution >= 4 is 12.0 Å². The molecule has 3 aromatic rings. The lowest BCUT2D eigenvalue weighted by Gasteiger charge is -2.39. The van der Waals surface area contributed by atoms with Crippen molar-refractivity contribution in [2.45, 2.75) is 38.6 Å². The average Bonchev–Trinajstić information content (AvgIpc) is 3.05.